The normalized spacial score (nSPS) is 27.2. The summed E-state index contributed by atoms with van der Waals surface area (Å²) in [7, 11) is 0. The summed E-state index contributed by atoms with van der Waals surface area (Å²) in [6, 6.07) is 3.88. The van der Waals surface area contributed by atoms with Crippen molar-refractivity contribution in [3.8, 4) is 0 Å². The maximum atomic E-state index is 13.4. The van der Waals surface area contributed by atoms with Crippen molar-refractivity contribution in [3.63, 3.8) is 0 Å². The van der Waals surface area contributed by atoms with Crippen LogP contribution in [-0.4, -0.2) is 45.8 Å². The highest BCUT2D eigenvalue weighted by Gasteiger charge is 2.52. The molecule has 1 aromatic rings. The molecule has 1 atom stereocenters. The Hall–Kier alpha value is -1.99. The van der Waals surface area contributed by atoms with Crippen LogP contribution in [0.4, 0.5) is 4.39 Å². The molecular weight excluding hydrogens is 399 g/mol. The van der Waals surface area contributed by atoms with Gasteiger partial charge >= 0.3 is 0 Å². The van der Waals surface area contributed by atoms with E-state index in [1.54, 1.807) is 11.8 Å². The summed E-state index contributed by atoms with van der Waals surface area (Å²) in [5.74, 6) is -1.36. The van der Waals surface area contributed by atoms with Crippen molar-refractivity contribution < 1.29 is 23.9 Å². The minimum atomic E-state index is -2.10. The minimum absolute atomic E-state index is 0.0189. The van der Waals surface area contributed by atoms with Gasteiger partial charge in [-0.2, -0.15) is 0 Å². The van der Waals surface area contributed by atoms with E-state index in [-0.39, 0.29) is 29.8 Å². The van der Waals surface area contributed by atoms with E-state index >= 15 is 0 Å². The molecule has 0 radical (unpaired) electrons. The molecule has 2 amide bonds. The molecule has 1 unspecified atom stereocenters. The van der Waals surface area contributed by atoms with Crippen LogP contribution in [0.25, 0.3) is 0 Å². The summed E-state index contributed by atoms with van der Waals surface area (Å²) in [6.07, 6.45) is 3.84. The smallest absolute Gasteiger partial charge is 0.264 e. The Morgan fingerprint density at radius 3 is 2.59 bits per heavy atom. The molecule has 3 rings (SSSR count). The number of benzene rings is 1. The number of rotatable bonds is 6. The number of nitrogens with zero attached hydrogens (tertiary/aromatic N) is 1. The second-order valence-corrected chi connectivity index (χ2v) is 8.59. The fourth-order valence-electron chi connectivity index (χ4n) is 4.40. The van der Waals surface area contributed by atoms with Crippen LogP contribution in [0, 0.1) is 11.7 Å². The van der Waals surface area contributed by atoms with Crippen molar-refractivity contribution in [2.24, 2.45) is 5.92 Å². The monoisotopic (exact) mass is 424 g/mol. The summed E-state index contributed by atoms with van der Waals surface area (Å²) in [5, 5.41) is 13.5. The van der Waals surface area contributed by atoms with Gasteiger partial charge in [0.1, 0.15) is 11.6 Å². The molecule has 0 bridgehead atoms. The Morgan fingerprint density at radius 2 is 1.97 bits per heavy atom. The highest BCUT2D eigenvalue weighted by atomic mass is 35.5. The number of amides is 2. The standard InChI is InChI=1S/C21H26ClFN2O4/c1-13(26)8-14-2-4-18(5-3-14)25-7-6-21(29,20(25)28)19(27)24-12-15-9-16(22)11-17(23)10-15/h9-11,14,18,29H,2-8,12H2,1H3,(H,24,27). The van der Waals surface area contributed by atoms with Crippen LogP contribution in [0.5, 0.6) is 0 Å². The SMILES string of the molecule is CC(=O)CC1CCC(N2CCC(O)(C(=O)NCc3cc(F)cc(Cl)c3)C2=O)CC1. The lowest BCUT2D eigenvalue weighted by molar-refractivity contribution is -0.155. The maximum Gasteiger partial charge on any atom is 0.264 e. The van der Waals surface area contributed by atoms with Gasteiger partial charge in [-0.25, -0.2) is 4.39 Å². The Labute approximate surface area is 174 Å². The summed E-state index contributed by atoms with van der Waals surface area (Å²) < 4.78 is 13.4. The number of nitrogens with one attached hydrogen (secondary N) is 1. The third-order valence-corrected chi connectivity index (χ3v) is 6.13. The molecule has 1 saturated carbocycles. The zero-order valence-electron chi connectivity index (χ0n) is 16.4. The van der Waals surface area contributed by atoms with E-state index in [0.717, 1.165) is 31.7 Å². The fraction of sp³-hybridized carbons (Fsp3) is 0.571. The number of hydrogen-bond donors (Lipinski definition) is 2. The molecule has 1 saturated heterocycles. The lowest BCUT2D eigenvalue weighted by Crippen LogP contribution is -2.53. The first-order valence-electron chi connectivity index (χ1n) is 9.95. The molecule has 1 aliphatic carbocycles. The summed E-state index contributed by atoms with van der Waals surface area (Å²) in [4.78, 5) is 38.3. The van der Waals surface area contributed by atoms with Gasteiger partial charge in [0.15, 0.2) is 0 Å². The van der Waals surface area contributed by atoms with E-state index < -0.39 is 23.2 Å². The van der Waals surface area contributed by atoms with Crippen LogP contribution < -0.4 is 5.32 Å². The van der Waals surface area contributed by atoms with Crippen LogP contribution in [0.3, 0.4) is 0 Å². The van der Waals surface area contributed by atoms with E-state index in [1.165, 1.54) is 12.1 Å². The van der Waals surface area contributed by atoms with Crippen LogP contribution >= 0.6 is 11.6 Å². The second kappa shape index (κ2) is 8.79. The molecule has 2 N–H and O–H groups in total. The van der Waals surface area contributed by atoms with Crippen LogP contribution in [-0.2, 0) is 20.9 Å². The molecule has 0 aromatic heterocycles. The van der Waals surface area contributed by atoms with E-state index in [0.29, 0.717) is 24.4 Å². The number of carbonyl (C=O) groups is 3. The number of hydrogen-bond acceptors (Lipinski definition) is 4. The Kier molecular flexibility index (Phi) is 6.58. The molecule has 6 nitrogen and oxygen atoms in total. The molecule has 158 valence electrons. The molecule has 2 fully saturated rings. The summed E-state index contributed by atoms with van der Waals surface area (Å²) >= 11 is 5.80. The molecule has 1 heterocycles. The largest absolute Gasteiger partial charge is 0.372 e. The van der Waals surface area contributed by atoms with Gasteiger partial charge in [-0.15, -0.1) is 0 Å². The molecule has 2 aliphatic rings. The van der Waals surface area contributed by atoms with Gasteiger partial charge in [0, 0.05) is 37.0 Å². The number of likely N-dealkylation sites (tertiary alicyclic amines) is 1. The first kappa shape index (κ1) is 21.7. The third-order valence-electron chi connectivity index (χ3n) is 5.91. The summed E-state index contributed by atoms with van der Waals surface area (Å²) in [6.45, 7) is 1.87. The molecule has 29 heavy (non-hydrogen) atoms. The number of carbonyl (C=O) groups excluding carboxylic acids is 3. The van der Waals surface area contributed by atoms with E-state index in [4.69, 9.17) is 11.6 Å². The quantitative estimate of drug-likeness (QED) is 0.687. The van der Waals surface area contributed by atoms with E-state index in [9.17, 15) is 23.9 Å². The maximum absolute atomic E-state index is 13.4. The van der Waals surface area contributed by atoms with Crippen LogP contribution in [0.15, 0.2) is 18.2 Å². The van der Waals surface area contributed by atoms with E-state index in [2.05, 4.69) is 5.32 Å². The Morgan fingerprint density at radius 1 is 1.28 bits per heavy atom. The van der Waals surface area contributed by atoms with Gasteiger partial charge in [-0.05, 0) is 62.3 Å². The Balaban J connectivity index is 1.57. The first-order chi connectivity index (χ1) is 13.7. The third kappa shape index (κ3) is 4.95. The topological polar surface area (TPSA) is 86.7 Å². The van der Waals surface area contributed by atoms with Crippen LogP contribution in [0.1, 0.15) is 51.0 Å². The first-order valence-corrected chi connectivity index (χ1v) is 10.3. The molecule has 1 aromatic carbocycles. The van der Waals surface area contributed by atoms with Gasteiger partial charge in [-0.1, -0.05) is 11.6 Å². The van der Waals surface area contributed by atoms with Crippen molar-refractivity contribution in [1.82, 2.24) is 10.2 Å². The van der Waals surface area contributed by atoms with Crippen molar-refractivity contribution in [2.75, 3.05) is 6.54 Å². The summed E-state index contributed by atoms with van der Waals surface area (Å²) in [5.41, 5.74) is -1.66. The lowest BCUT2D eigenvalue weighted by atomic mass is 9.82. The van der Waals surface area contributed by atoms with E-state index in [1.807, 2.05) is 0 Å². The van der Waals surface area contributed by atoms with Gasteiger partial charge in [0.2, 0.25) is 5.60 Å². The van der Waals surface area contributed by atoms with Gasteiger partial charge in [0.05, 0.1) is 0 Å². The molecule has 0 spiro atoms. The van der Waals surface area contributed by atoms with Crippen LogP contribution in [0.2, 0.25) is 5.02 Å². The Bertz CT molecular complexity index is 790. The number of Topliss-reactive ketones (excluding diaryl/α,β-unsaturated/α-hetero) is 1. The van der Waals surface area contributed by atoms with Crippen molar-refractivity contribution in [2.45, 2.75) is 63.6 Å². The highest BCUT2D eigenvalue weighted by molar-refractivity contribution is 6.30. The van der Waals surface area contributed by atoms with Crippen molar-refractivity contribution in [1.29, 1.82) is 0 Å². The van der Waals surface area contributed by atoms with Crippen molar-refractivity contribution >= 4 is 29.2 Å². The predicted octanol–water partition coefficient (Wildman–Crippen LogP) is 2.60. The predicted molar refractivity (Wildman–Crippen MR) is 106 cm³/mol. The second-order valence-electron chi connectivity index (χ2n) is 8.15. The molecule has 1 aliphatic heterocycles. The lowest BCUT2D eigenvalue weighted by Gasteiger charge is -2.35. The van der Waals surface area contributed by atoms with Gasteiger partial charge in [-0.3, -0.25) is 9.59 Å². The van der Waals surface area contributed by atoms with Crippen molar-refractivity contribution in [3.05, 3.63) is 34.6 Å². The van der Waals surface area contributed by atoms with Gasteiger partial charge < -0.3 is 20.1 Å². The minimum Gasteiger partial charge on any atom is -0.372 e. The number of halogens is 2. The zero-order chi connectivity index (χ0) is 21.2. The zero-order valence-corrected chi connectivity index (χ0v) is 17.2. The number of ketones is 1. The number of aliphatic hydroxyl groups is 1. The average molecular weight is 425 g/mol. The highest BCUT2D eigenvalue weighted by Crippen LogP contribution is 2.34. The average Bonchev–Trinajstić information content (AvgIpc) is 2.95. The molecule has 8 heteroatoms. The fourth-order valence-corrected chi connectivity index (χ4v) is 4.64. The molecular formula is C21H26ClFN2O4. The van der Waals surface area contributed by atoms with Gasteiger partial charge in [0.25, 0.3) is 11.8 Å².